The molecule has 0 saturated heterocycles. The first-order valence-electron chi connectivity index (χ1n) is 13.0. The van der Waals surface area contributed by atoms with Gasteiger partial charge < -0.3 is 30.1 Å². The fourth-order valence-corrected chi connectivity index (χ4v) is 5.86. The molecule has 3 aliphatic rings. The van der Waals surface area contributed by atoms with Crippen molar-refractivity contribution in [1.82, 2.24) is 4.90 Å². The summed E-state index contributed by atoms with van der Waals surface area (Å²) in [4.78, 5) is 40.6. The van der Waals surface area contributed by atoms with Crippen molar-refractivity contribution < 1.29 is 29.0 Å². The molecule has 0 bridgehead atoms. The van der Waals surface area contributed by atoms with Gasteiger partial charge in [0.1, 0.15) is 18.4 Å². The number of nitrogens with zero attached hydrogens (tertiary/aromatic N) is 2. The summed E-state index contributed by atoms with van der Waals surface area (Å²) in [5.41, 5.74) is 10.0. The minimum absolute atomic E-state index is 0.00543. The Kier molecular flexibility index (Phi) is 7.32. The first-order chi connectivity index (χ1) is 17.9. The molecule has 1 saturated carbocycles. The predicted octanol–water partition coefficient (Wildman–Crippen LogP) is 3.64. The quantitative estimate of drug-likeness (QED) is 0.430. The lowest BCUT2D eigenvalue weighted by Gasteiger charge is -2.39. The third-order valence-corrected chi connectivity index (χ3v) is 7.68. The van der Waals surface area contributed by atoms with Gasteiger partial charge in [-0.25, -0.2) is 9.59 Å². The third-order valence-electron chi connectivity index (χ3n) is 7.68. The Morgan fingerprint density at radius 1 is 1.11 bits per heavy atom. The molecule has 1 aliphatic carbocycles. The lowest BCUT2D eigenvalue weighted by atomic mass is 9.82. The normalized spacial score (nSPS) is 20.9. The number of anilines is 1. The first-order valence-corrected chi connectivity index (χ1v) is 13.0. The van der Waals surface area contributed by atoms with Crippen molar-refractivity contribution in [2.75, 3.05) is 24.5 Å². The molecular weight excluding hydrogens is 474 g/mol. The lowest BCUT2D eigenvalue weighted by molar-refractivity contribution is -0.138. The van der Waals surface area contributed by atoms with Crippen LogP contribution in [0.2, 0.25) is 0 Å². The van der Waals surface area contributed by atoms with Crippen molar-refractivity contribution >= 4 is 23.7 Å². The number of carbonyl (C=O) groups excluding carboxylic acids is 2. The van der Waals surface area contributed by atoms with Crippen molar-refractivity contribution in [3.05, 3.63) is 59.2 Å². The maximum atomic E-state index is 13.0. The Bertz CT molecular complexity index is 1170. The van der Waals surface area contributed by atoms with Crippen molar-refractivity contribution in [1.29, 1.82) is 0 Å². The zero-order valence-electron chi connectivity index (χ0n) is 20.8. The van der Waals surface area contributed by atoms with Gasteiger partial charge in [0.25, 0.3) is 0 Å². The van der Waals surface area contributed by atoms with Crippen molar-refractivity contribution in [3.8, 4) is 5.75 Å². The molecule has 9 nitrogen and oxygen atoms in total. The molecule has 196 valence electrons. The van der Waals surface area contributed by atoms with Crippen molar-refractivity contribution in [3.63, 3.8) is 0 Å². The van der Waals surface area contributed by atoms with Crippen LogP contribution in [0.5, 0.6) is 5.75 Å². The van der Waals surface area contributed by atoms with E-state index in [1.165, 1.54) is 6.42 Å². The molecule has 37 heavy (non-hydrogen) atoms. The van der Waals surface area contributed by atoms with Crippen LogP contribution in [-0.2, 0) is 27.5 Å². The number of carboxylic acids is 1. The van der Waals surface area contributed by atoms with Crippen LogP contribution in [-0.4, -0.2) is 53.7 Å². The highest BCUT2D eigenvalue weighted by atomic mass is 16.6. The second-order valence-corrected chi connectivity index (χ2v) is 10.2. The molecule has 3 atom stereocenters. The van der Waals surface area contributed by atoms with E-state index in [9.17, 15) is 14.4 Å². The van der Waals surface area contributed by atoms with Gasteiger partial charge in [-0.05, 0) is 59.9 Å². The summed E-state index contributed by atoms with van der Waals surface area (Å²) in [7, 11) is 0. The molecular formula is C28H33N3O6. The van der Waals surface area contributed by atoms with E-state index in [1.54, 1.807) is 4.90 Å². The maximum Gasteiger partial charge on any atom is 0.410 e. The highest BCUT2D eigenvalue weighted by Gasteiger charge is 2.40. The van der Waals surface area contributed by atoms with E-state index in [4.69, 9.17) is 20.3 Å². The van der Waals surface area contributed by atoms with Gasteiger partial charge >= 0.3 is 18.0 Å². The number of nitrogens with two attached hydrogens (primary N) is 1. The number of carbonyl (C=O) groups is 3. The van der Waals surface area contributed by atoms with Crippen LogP contribution < -0.4 is 15.4 Å². The van der Waals surface area contributed by atoms with Crippen LogP contribution in [0.1, 0.15) is 54.7 Å². The fraction of sp³-hybridized carbons (Fsp3) is 0.464. The minimum Gasteiger partial charge on any atom is -0.481 e. The number of hydrogen-bond donors (Lipinski definition) is 2. The molecule has 0 aromatic heterocycles. The number of rotatable bonds is 7. The molecule has 9 heteroatoms. The molecule has 2 aromatic carbocycles. The lowest BCUT2D eigenvalue weighted by Crippen LogP contribution is -2.40. The van der Waals surface area contributed by atoms with Gasteiger partial charge in [0.15, 0.2) is 0 Å². The molecule has 1 fully saturated rings. The average Bonchev–Trinajstić information content (AvgIpc) is 3.29. The van der Waals surface area contributed by atoms with Crippen LogP contribution in [0.25, 0.3) is 0 Å². The highest BCUT2D eigenvalue weighted by Crippen LogP contribution is 2.50. The summed E-state index contributed by atoms with van der Waals surface area (Å²) in [6.07, 6.45) is 2.83. The number of hydrogen-bond acceptors (Lipinski definition) is 7. The first kappa shape index (κ1) is 25.1. The molecule has 5 rings (SSSR count). The maximum absolute atomic E-state index is 13.0. The molecule has 2 heterocycles. The second-order valence-electron chi connectivity index (χ2n) is 10.2. The smallest absolute Gasteiger partial charge is 0.410 e. The van der Waals surface area contributed by atoms with Gasteiger partial charge in [-0.15, -0.1) is 0 Å². The van der Waals surface area contributed by atoms with Crippen molar-refractivity contribution in [2.24, 2.45) is 11.7 Å². The van der Waals surface area contributed by atoms with E-state index in [1.807, 2.05) is 42.5 Å². The number of aliphatic carboxylic acids is 1. The van der Waals surface area contributed by atoms with Gasteiger partial charge in [0.2, 0.25) is 0 Å². The summed E-state index contributed by atoms with van der Waals surface area (Å²) in [6.45, 7) is 2.75. The van der Waals surface area contributed by atoms with Gasteiger partial charge in [0, 0.05) is 31.7 Å². The SMILES string of the molecule is N[C@@H](CCC(=O)O)C(=O)Oc1cc2c3c(c1)[C@H]1CCC[C@H]1CN3CCN(C(=O)OCc1ccccc1)C2. The minimum atomic E-state index is -1.02. The van der Waals surface area contributed by atoms with Crippen LogP contribution in [0.15, 0.2) is 42.5 Å². The zero-order chi connectivity index (χ0) is 25.9. The molecule has 0 unspecified atom stereocenters. The highest BCUT2D eigenvalue weighted by molar-refractivity contribution is 5.80. The molecule has 0 radical (unpaired) electrons. The summed E-state index contributed by atoms with van der Waals surface area (Å²) < 4.78 is 11.3. The van der Waals surface area contributed by atoms with Crippen LogP contribution >= 0.6 is 0 Å². The van der Waals surface area contributed by atoms with E-state index in [0.29, 0.717) is 37.2 Å². The summed E-state index contributed by atoms with van der Waals surface area (Å²) >= 11 is 0. The van der Waals surface area contributed by atoms with Gasteiger partial charge in [0.05, 0.1) is 6.54 Å². The molecule has 0 spiro atoms. The molecule has 3 N–H and O–H groups in total. The summed E-state index contributed by atoms with van der Waals surface area (Å²) in [5, 5.41) is 8.90. The number of esters is 1. The van der Waals surface area contributed by atoms with Gasteiger partial charge in [-0.1, -0.05) is 36.8 Å². The van der Waals surface area contributed by atoms with E-state index in [0.717, 1.165) is 41.8 Å². The zero-order valence-corrected chi connectivity index (χ0v) is 20.8. The number of ether oxygens (including phenoxy) is 2. The molecule has 2 aliphatic heterocycles. The Morgan fingerprint density at radius 2 is 1.92 bits per heavy atom. The van der Waals surface area contributed by atoms with Crippen LogP contribution in [0, 0.1) is 5.92 Å². The van der Waals surface area contributed by atoms with Gasteiger partial charge in [-0.3, -0.25) is 4.79 Å². The number of carboxylic acid groups (broad SMARTS) is 1. The summed E-state index contributed by atoms with van der Waals surface area (Å²) in [6, 6.07) is 12.3. The third kappa shape index (κ3) is 5.56. The number of fused-ring (bicyclic) bond motifs is 2. The van der Waals surface area contributed by atoms with Crippen LogP contribution in [0.4, 0.5) is 10.5 Å². The molecule has 2 aromatic rings. The fourth-order valence-electron chi connectivity index (χ4n) is 5.86. The number of amides is 1. The topological polar surface area (TPSA) is 122 Å². The van der Waals surface area contributed by atoms with E-state index < -0.39 is 18.0 Å². The Morgan fingerprint density at radius 3 is 2.70 bits per heavy atom. The Balaban J connectivity index is 1.38. The van der Waals surface area contributed by atoms with E-state index >= 15 is 0 Å². The standard InChI is InChI=1S/C28H33N3O6/c29-24(9-10-25(32)33)27(34)37-21-13-20-16-31(28(35)36-17-18-5-2-1-3-6-18)12-11-30-15-19-7-4-8-22(19)23(14-21)26(20)30/h1-3,5-6,13-14,19,22,24H,4,7-12,15-17,29H2,(H,32,33)/t19-,22-,24-/m0/s1. The molecule has 1 amide bonds. The Hall–Kier alpha value is -3.59. The summed E-state index contributed by atoms with van der Waals surface area (Å²) in [5.74, 6) is -0.362. The van der Waals surface area contributed by atoms with Gasteiger partial charge in [-0.2, -0.15) is 0 Å². The second kappa shape index (κ2) is 10.8. The predicted molar refractivity (Wildman–Crippen MR) is 136 cm³/mol. The van der Waals surface area contributed by atoms with Crippen molar-refractivity contribution in [2.45, 2.75) is 57.2 Å². The monoisotopic (exact) mass is 507 g/mol. The average molecular weight is 508 g/mol. The number of benzene rings is 2. The largest absolute Gasteiger partial charge is 0.481 e. The van der Waals surface area contributed by atoms with E-state index in [2.05, 4.69) is 4.90 Å². The Labute approximate surface area is 216 Å². The van der Waals surface area contributed by atoms with E-state index in [-0.39, 0.29) is 25.5 Å². The van der Waals surface area contributed by atoms with Crippen LogP contribution in [0.3, 0.4) is 0 Å².